The van der Waals surface area contributed by atoms with Crippen molar-refractivity contribution in [3.05, 3.63) is 0 Å². The third-order valence-corrected chi connectivity index (χ3v) is 7.03. The molecule has 3 fully saturated rings. The first-order chi connectivity index (χ1) is 9.69. The molecule has 20 heavy (non-hydrogen) atoms. The van der Waals surface area contributed by atoms with Crippen molar-refractivity contribution in [3.8, 4) is 0 Å². The highest BCUT2D eigenvalue weighted by Crippen LogP contribution is 2.52. The number of rotatable bonds is 5. The van der Waals surface area contributed by atoms with Crippen molar-refractivity contribution in [2.45, 2.75) is 78.2 Å². The van der Waals surface area contributed by atoms with Crippen LogP contribution >= 0.6 is 0 Å². The summed E-state index contributed by atoms with van der Waals surface area (Å²) in [5.74, 6) is 6.05. The molecule has 3 saturated carbocycles. The van der Waals surface area contributed by atoms with Crippen LogP contribution in [0.25, 0.3) is 0 Å². The van der Waals surface area contributed by atoms with Gasteiger partial charge in [0.15, 0.2) is 0 Å². The zero-order chi connectivity index (χ0) is 14.1. The molecule has 0 spiro atoms. The van der Waals surface area contributed by atoms with Crippen LogP contribution in [0.15, 0.2) is 0 Å². The molecule has 3 rings (SSSR count). The minimum Gasteiger partial charge on any atom is -0.313 e. The van der Waals surface area contributed by atoms with E-state index < -0.39 is 0 Å². The maximum Gasteiger partial charge on any atom is 0.0126 e. The van der Waals surface area contributed by atoms with Crippen LogP contribution in [0.1, 0.15) is 72.1 Å². The van der Waals surface area contributed by atoms with E-state index in [2.05, 4.69) is 26.1 Å². The normalized spacial score (nSPS) is 45.8. The lowest BCUT2D eigenvalue weighted by Crippen LogP contribution is -2.46. The van der Waals surface area contributed by atoms with E-state index in [1.165, 1.54) is 38.6 Å². The van der Waals surface area contributed by atoms with Gasteiger partial charge in [0.1, 0.15) is 0 Å². The standard InChI is InChI=1S/C19H35N/c1-4-9-20-19(17-7-5-13(2)14(3)10-17)18-12-15-6-8-16(18)11-15/h13-20H,4-12H2,1-3H3. The average molecular weight is 277 g/mol. The Bertz CT molecular complexity index is 313. The summed E-state index contributed by atoms with van der Waals surface area (Å²) in [6.45, 7) is 8.51. The Morgan fingerprint density at radius 2 is 1.80 bits per heavy atom. The molecule has 0 aromatic heterocycles. The SMILES string of the molecule is CCCNC(C1CCC(C)C(C)C1)C1CC2CCC1C2. The summed E-state index contributed by atoms with van der Waals surface area (Å²) in [5.41, 5.74) is 0. The quantitative estimate of drug-likeness (QED) is 0.756. The van der Waals surface area contributed by atoms with Crippen molar-refractivity contribution in [2.75, 3.05) is 6.54 Å². The summed E-state index contributed by atoms with van der Waals surface area (Å²) in [6, 6.07) is 0.847. The summed E-state index contributed by atoms with van der Waals surface area (Å²) in [4.78, 5) is 0. The van der Waals surface area contributed by atoms with Crippen LogP contribution < -0.4 is 5.32 Å². The van der Waals surface area contributed by atoms with Crippen LogP contribution in [-0.2, 0) is 0 Å². The van der Waals surface area contributed by atoms with Gasteiger partial charge < -0.3 is 5.32 Å². The molecule has 2 bridgehead atoms. The van der Waals surface area contributed by atoms with Crippen molar-refractivity contribution >= 4 is 0 Å². The molecule has 7 unspecified atom stereocenters. The van der Waals surface area contributed by atoms with Gasteiger partial charge in [-0.3, -0.25) is 0 Å². The van der Waals surface area contributed by atoms with Crippen molar-refractivity contribution in [3.63, 3.8) is 0 Å². The Hall–Kier alpha value is -0.0400. The van der Waals surface area contributed by atoms with Crippen molar-refractivity contribution in [1.29, 1.82) is 0 Å². The van der Waals surface area contributed by atoms with Crippen LogP contribution in [0.5, 0.6) is 0 Å². The van der Waals surface area contributed by atoms with Gasteiger partial charge in [0.2, 0.25) is 0 Å². The van der Waals surface area contributed by atoms with Crippen molar-refractivity contribution in [2.24, 2.45) is 35.5 Å². The number of nitrogens with one attached hydrogen (secondary N) is 1. The Morgan fingerprint density at radius 1 is 0.950 bits per heavy atom. The maximum atomic E-state index is 4.00. The van der Waals surface area contributed by atoms with E-state index in [0.717, 1.165) is 41.5 Å². The zero-order valence-electron chi connectivity index (χ0n) is 13.9. The molecular weight excluding hydrogens is 242 g/mol. The van der Waals surface area contributed by atoms with Crippen LogP contribution in [-0.4, -0.2) is 12.6 Å². The van der Waals surface area contributed by atoms with E-state index in [4.69, 9.17) is 0 Å². The van der Waals surface area contributed by atoms with E-state index in [1.807, 2.05) is 0 Å². The fraction of sp³-hybridized carbons (Fsp3) is 1.00. The van der Waals surface area contributed by atoms with Crippen LogP contribution in [0.2, 0.25) is 0 Å². The molecule has 0 aromatic carbocycles. The van der Waals surface area contributed by atoms with Crippen molar-refractivity contribution < 1.29 is 0 Å². The summed E-state index contributed by atoms with van der Waals surface area (Å²) < 4.78 is 0. The van der Waals surface area contributed by atoms with Gasteiger partial charge in [-0.25, -0.2) is 0 Å². The summed E-state index contributed by atoms with van der Waals surface area (Å²) in [7, 11) is 0. The second kappa shape index (κ2) is 6.38. The van der Waals surface area contributed by atoms with Crippen molar-refractivity contribution in [1.82, 2.24) is 5.32 Å². The second-order valence-electron chi connectivity index (χ2n) is 8.35. The van der Waals surface area contributed by atoms with E-state index in [-0.39, 0.29) is 0 Å². The predicted octanol–water partition coefficient (Wildman–Crippen LogP) is 4.86. The molecule has 1 nitrogen and oxygen atoms in total. The van der Waals surface area contributed by atoms with Gasteiger partial charge in [0.05, 0.1) is 0 Å². The Balaban J connectivity index is 1.66. The second-order valence-corrected chi connectivity index (χ2v) is 8.35. The summed E-state index contributed by atoms with van der Waals surface area (Å²) in [5, 5.41) is 4.00. The van der Waals surface area contributed by atoms with Gasteiger partial charge in [-0.2, -0.15) is 0 Å². The zero-order valence-corrected chi connectivity index (χ0v) is 13.9. The molecule has 0 heterocycles. The average Bonchev–Trinajstić information content (AvgIpc) is 3.06. The van der Waals surface area contributed by atoms with Crippen LogP contribution in [0.3, 0.4) is 0 Å². The number of fused-ring (bicyclic) bond motifs is 2. The third kappa shape index (κ3) is 2.93. The minimum atomic E-state index is 0.847. The molecule has 1 heteroatoms. The molecule has 1 N–H and O–H groups in total. The van der Waals surface area contributed by atoms with Gasteiger partial charge in [-0.05, 0) is 80.6 Å². The lowest BCUT2D eigenvalue weighted by Gasteiger charge is -2.42. The molecule has 0 amide bonds. The molecule has 0 aromatic rings. The Morgan fingerprint density at radius 3 is 2.40 bits per heavy atom. The van der Waals surface area contributed by atoms with Gasteiger partial charge in [0, 0.05) is 6.04 Å². The molecule has 7 atom stereocenters. The summed E-state index contributed by atoms with van der Waals surface area (Å²) >= 11 is 0. The fourth-order valence-electron chi connectivity index (χ4n) is 5.63. The smallest absolute Gasteiger partial charge is 0.0126 e. The Labute approximate surface area is 126 Å². The molecule has 0 radical (unpaired) electrons. The largest absolute Gasteiger partial charge is 0.313 e. The highest BCUT2D eigenvalue weighted by atomic mass is 14.9. The minimum absolute atomic E-state index is 0.847. The van der Waals surface area contributed by atoms with Gasteiger partial charge in [0.25, 0.3) is 0 Å². The monoisotopic (exact) mass is 277 g/mol. The number of hydrogen-bond donors (Lipinski definition) is 1. The van der Waals surface area contributed by atoms with Crippen LogP contribution in [0, 0.1) is 35.5 Å². The molecular formula is C19H35N. The number of hydrogen-bond acceptors (Lipinski definition) is 1. The highest BCUT2D eigenvalue weighted by Gasteiger charge is 2.45. The van der Waals surface area contributed by atoms with E-state index in [9.17, 15) is 0 Å². The van der Waals surface area contributed by atoms with E-state index >= 15 is 0 Å². The maximum absolute atomic E-state index is 4.00. The van der Waals surface area contributed by atoms with Gasteiger partial charge in [-0.1, -0.05) is 33.6 Å². The lowest BCUT2D eigenvalue weighted by molar-refractivity contribution is 0.117. The van der Waals surface area contributed by atoms with Crippen LogP contribution in [0.4, 0.5) is 0 Å². The Kier molecular flexibility index (Phi) is 4.75. The molecule has 116 valence electrons. The summed E-state index contributed by atoms with van der Waals surface area (Å²) in [6.07, 6.45) is 11.9. The fourth-order valence-corrected chi connectivity index (χ4v) is 5.63. The molecule has 0 aliphatic heterocycles. The van der Waals surface area contributed by atoms with E-state index in [0.29, 0.717) is 0 Å². The highest BCUT2D eigenvalue weighted by molar-refractivity contribution is 4.98. The molecule has 3 aliphatic rings. The van der Waals surface area contributed by atoms with Gasteiger partial charge in [-0.15, -0.1) is 0 Å². The van der Waals surface area contributed by atoms with E-state index in [1.54, 1.807) is 19.3 Å². The third-order valence-electron chi connectivity index (χ3n) is 7.03. The molecule has 0 saturated heterocycles. The lowest BCUT2D eigenvalue weighted by atomic mass is 9.68. The first-order valence-corrected chi connectivity index (χ1v) is 9.42. The molecule has 3 aliphatic carbocycles. The predicted molar refractivity (Wildman–Crippen MR) is 86.7 cm³/mol. The first-order valence-electron chi connectivity index (χ1n) is 9.42. The topological polar surface area (TPSA) is 12.0 Å². The van der Waals surface area contributed by atoms with Gasteiger partial charge >= 0.3 is 0 Å². The first kappa shape index (κ1) is 14.9.